The Labute approximate surface area is 192 Å². The SMILES string of the molecule is COc1ccc2cc(C(C)CSCC3(C)CCc4c(C)cc(C)c(C)c4C3)ccc2c1. The minimum absolute atomic E-state index is 0.405. The van der Waals surface area contributed by atoms with Crippen molar-refractivity contribution >= 4 is 22.5 Å². The van der Waals surface area contributed by atoms with Gasteiger partial charge in [0.25, 0.3) is 0 Å². The molecule has 0 aromatic heterocycles. The number of aryl methyl sites for hydroxylation is 2. The van der Waals surface area contributed by atoms with Gasteiger partial charge >= 0.3 is 0 Å². The van der Waals surface area contributed by atoms with E-state index in [0.29, 0.717) is 11.3 Å². The average Bonchev–Trinajstić information content (AvgIpc) is 2.76. The maximum absolute atomic E-state index is 5.36. The molecule has 0 saturated carbocycles. The van der Waals surface area contributed by atoms with Crippen LogP contribution in [-0.2, 0) is 12.8 Å². The highest BCUT2D eigenvalue weighted by atomic mass is 32.2. The zero-order chi connectivity index (χ0) is 22.2. The van der Waals surface area contributed by atoms with Gasteiger partial charge in [0.15, 0.2) is 0 Å². The highest BCUT2D eigenvalue weighted by Crippen LogP contribution is 2.41. The Morgan fingerprint density at radius 2 is 1.71 bits per heavy atom. The molecule has 31 heavy (non-hydrogen) atoms. The molecule has 164 valence electrons. The van der Waals surface area contributed by atoms with Gasteiger partial charge in [-0.05, 0) is 119 Å². The van der Waals surface area contributed by atoms with E-state index in [2.05, 4.69) is 88.8 Å². The normalized spacial score (nSPS) is 19.3. The third-order valence-corrected chi connectivity index (χ3v) is 9.00. The second kappa shape index (κ2) is 8.90. The van der Waals surface area contributed by atoms with Crippen molar-refractivity contribution in [3.63, 3.8) is 0 Å². The van der Waals surface area contributed by atoms with Gasteiger partial charge in [0, 0.05) is 0 Å². The molecule has 1 nitrogen and oxygen atoms in total. The Bertz CT molecular complexity index is 1100. The Morgan fingerprint density at radius 1 is 0.968 bits per heavy atom. The average molecular weight is 433 g/mol. The Kier molecular flexibility index (Phi) is 6.40. The number of methoxy groups -OCH3 is 1. The maximum Gasteiger partial charge on any atom is 0.119 e. The Hall–Kier alpha value is -1.93. The largest absolute Gasteiger partial charge is 0.497 e. The lowest BCUT2D eigenvalue weighted by molar-refractivity contribution is 0.322. The molecule has 0 aliphatic heterocycles. The predicted molar refractivity (Wildman–Crippen MR) is 137 cm³/mol. The molecular formula is C29H36OS. The summed E-state index contributed by atoms with van der Waals surface area (Å²) in [7, 11) is 1.73. The van der Waals surface area contributed by atoms with Crippen LogP contribution in [0.5, 0.6) is 5.75 Å². The van der Waals surface area contributed by atoms with E-state index in [4.69, 9.17) is 4.74 Å². The molecule has 0 N–H and O–H groups in total. The zero-order valence-electron chi connectivity index (χ0n) is 20.0. The highest BCUT2D eigenvalue weighted by Gasteiger charge is 2.32. The summed E-state index contributed by atoms with van der Waals surface area (Å²) in [6.45, 7) is 11.8. The number of thioether (sulfide) groups is 1. The number of benzene rings is 3. The van der Waals surface area contributed by atoms with Crippen molar-refractivity contribution in [1.82, 2.24) is 0 Å². The summed E-state index contributed by atoms with van der Waals surface area (Å²) in [5.41, 5.74) is 9.59. The fourth-order valence-corrected chi connectivity index (χ4v) is 6.53. The van der Waals surface area contributed by atoms with Crippen LogP contribution in [0.25, 0.3) is 10.8 Å². The minimum atomic E-state index is 0.405. The highest BCUT2D eigenvalue weighted by molar-refractivity contribution is 7.99. The van der Waals surface area contributed by atoms with Crippen molar-refractivity contribution in [2.75, 3.05) is 18.6 Å². The lowest BCUT2D eigenvalue weighted by atomic mass is 9.71. The molecule has 1 aliphatic carbocycles. The predicted octanol–water partition coefficient (Wildman–Crippen LogP) is 7.81. The van der Waals surface area contributed by atoms with E-state index >= 15 is 0 Å². The van der Waals surface area contributed by atoms with Crippen LogP contribution in [0.3, 0.4) is 0 Å². The Balaban J connectivity index is 1.40. The van der Waals surface area contributed by atoms with Gasteiger partial charge in [-0.15, -0.1) is 0 Å². The van der Waals surface area contributed by atoms with Gasteiger partial charge in [0.05, 0.1) is 7.11 Å². The van der Waals surface area contributed by atoms with Crippen molar-refractivity contribution in [3.8, 4) is 5.75 Å². The summed E-state index contributed by atoms with van der Waals surface area (Å²) in [4.78, 5) is 0. The molecule has 0 heterocycles. The summed E-state index contributed by atoms with van der Waals surface area (Å²) < 4.78 is 5.36. The summed E-state index contributed by atoms with van der Waals surface area (Å²) in [6, 6.07) is 15.6. The molecule has 0 spiro atoms. The molecule has 2 unspecified atom stereocenters. The van der Waals surface area contributed by atoms with Crippen LogP contribution in [0.2, 0.25) is 0 Å². The molecule has 0 saturated heterocycles. The summed E-state index contributed by atoms with van der Waals surface area (Å²) >= 11 is 2.14. The first-order chi connectivity index (χ1) is 14.8. The third-order valence-electron chi connectivity index (χ3n) is 7.36. The second-order valence-corrected chi connectivity index (χ2v) is 11.0. The maximum atomic E-state index is 5.36. The summed E-state index contributed by atoms with van der Waals surface area (Å²) in [6.07, 6.45) is 3.78. The standard InChI is InChI=1S/C29H36OS/c1-19-13-20(2)27-11-12-29(5,16-28(27)22(19)4)18-31-17-21(3)23-7-8-25-15-26(30-6)10-9-24(25)14-23/h7-10,13-15,21H,11-12,16-18H2,1-6H3. The molecule has 2 atom stereocenters. The van der Waals surface area contributed by atoms with Crippen molar-refractivity contribution in [2.45, 2.75) is 59.8 Å². The van der Waals surface area contributed by atoms with Gasteiger partial charge in [-0.25, -0.2) is 0 Å². The van der Waals surface area contributed by atoms with E-state index in [1.54, 1.807) is 18.2 Å². The number of hydrogen-bond donors (Lipinski definition) is 0. The quantitative estimate of drug-likeness (QED) is 0.393. The van der Waals surface area contributed by atoms with E-state index in [-0.39, 0.29) is 0 Å². The fourth-order valence-electron chi connectivity index (χ4n) is 5.13. The molecule has 3 aromatic carbocycles. The smallest absolute Gasteiger partial charge is 0.119 e. The fraction of sp³-hybridized carbons (Fsp3) is 0.448. The lowest BCUT2D eigenvalue weighted by Gasteiger charge is -2.37. The molecule has 0 radical (unpaired) electrons. The van der Waals surface area contributed by atoms with Crippen molar-refractivity contribution in [1.29, 1.82) is 0 Å². The molecule has 0 bridgehead atoms. The molecule has 1 aliphatic rings. The summed E-state index contributed by atoms with van der Waals surface area (Å²) in [5, 5.41) is 2.55. The molecule has 2 heteroatoms. The molecule has 3 aromatic rings. The van der Waals surface area contributed by atoms with Gasteiger partial charge in [0.2, 0.25) is 0 Å². The van der Waals surface area contributed by atoms with Crippen LogP contribution in [0.15, 0.2) is 42.5 Å². The van der Waals surface area contributed by atoms with Crippen molar-refractivity contribution in [3.05, 3.63) is 75.8 Å². The monoisotopic (exact) mass is 432 g/mol. The zero-order valence-corrected chi connectivity index (χ0v) is 20.8. The lowest BCUT2D eigenvalue weighted by Crippen LogP contribution is -2.30. The van der Waals surface area contributed by atoms with E-state index < -0.39 is 0 Å². The van der Waals surface area contributed by atoms with Crippen molar-refractivity contribution in [2.24, 2.45) is 5.41 Å². The first-order valence-corrected chi connectivity index (χ1v) is 12.7. The minimum Gasteiger partial charge on any atom is -0.497 e. The van der Waals surface area contributed by atoms with E-state index in [9.17, 15) is 0 Å². The number of hydrogen-bond acceptors (Lipinski definition) is 2. The first kappa shape index (κ1) is 22.3. The van der Waals surface area contributed by atoms with E-state index in [1.165, 1.54) is 63.8 Å². The van der Waals surface area contributed by atoms with Gasteiger partial charge in [-0.1, -0.05) is 44.2 Å². The molecule has 4 rings (SSSR count). The van der Waals surface area contributed by atoms with Crippen LogP contribution in [0.1, 0.15) is 59.6 Å². The molecular weight excluding hydrogens is 396 g/mol. The third kappa shape index (κ3) is 4.65. The van der Waals surface area contributed by atoms with Crippen molar-refractivity contribution < 1.29 is 4.74 Å². The first-order valence-electron chi connectivity index (χ1n) is 11.5. The van der Waals surface area contributed by atoms with Crippen LogP contribution in [0.4, 0.5) is 0 Å². The Morgan fingerprint density at radius 3 is 2.48 bits per heavy atom. The number of rotatable bonds is 6. The van der Waals surface area contributed by atoms with Gasteiger partial charge in [-0.2, -0.15) is 11.8 Å². The summed E-state index contributed by atoms with van der Waals surface area (Å²) in [5.74, 6) is 3.90. The van der Waals surface area contributed by atoms with E-state index in [0.717, 1.165) is 5.75 Å². The molecule has 0 fully saturated rings. The topological polar surface area (TPSA) is 9.23 Å². The van der Waals surface area contributed by atoms with Gasteiger partial charge in [-0.3, -0.25) is 0 Å². The second-order valence-electron chi connectivity index (χ2n) is 9.97. The molecule has 0 amide bonds. The van der Waals surface area contributed by atoms with Crippen LogP contribution < -0.4 is 4.74 Å². The van der Waals surface area contributed by atoms with E-state index in [1.807, 2.05) is 0 Å². The van der Waals surface area contributed by atoms with Crippen LogP contribution in [0, 0.1) is 26.2 Å². The van der Waals surface area contributed by atoms with Crippen LogP contribution >= 0.6 is 11.8 Å². The van der Waals surface area contributed by atoms with Gasteiger partial charge in [0.1, 0.15) is 5.75 Å². The van der Waals surface area contributed by atoms with Crippen LogP contribution in [-0.4, -0.2) is 18.6 Å². The van der Waals surface area contributed by atoms with Gasteiger partial charge < -0.3 is 4.74 Å². The number of fused-ring (bicyclic) bond motifs is 2. The number of ether oxygens (including phenoxy) is 1.